The molecule has 20 heteroatoms. The fourth-order valence-corrected chi connectivity index (χ4v) is 10.7. The number of anilines is 3. The van der Waals surface area contributed by atoms with Crippen LogP contribution in [0.1, 0.15) is 79.5 Å². The highest BCUT2D eigenvalue weighted by atomic mass is 19.3. The zero-order chi connectivity index (χ0) is 43.1. The number of benzene rings is 1. The van der Waals surface area contributed by atoms with Crippen molar-refractivity contribution >= 4 is 51.6 Å². The molecule has 5 aliphatic heterocycles. The number of hydrogen-bond acceptors (Lipinski definition) is 12. The number of para-hydroxylation sites is 1. The number of likely N-dealkylation sites (tertiary alicyclic amines) is 1. The predicted octanol–water partition coefficient (Wildman–Crippen LogP) is 3.29. The molecule has 6 fully saturated rings. The van der Waals surface area contributed by atoms with E-state index in [-0.39, 0.29) is 53.6 Å². The molecule has 2 N–H and O–H groups in total. The van der Waals surface area contributed by atoms with Gasteiger partial charge in [0.2, 0.25) is 11.8 Å². The second kappa shape index (κ2) is 15.8. The Bertz CT molecular complexity index is 2660. The van der Waals surface area contributed by atoms with Crippen molar-refractivity contribution in [2.75, 3.05) is 67.6 Å². The minimum absolute atomic E-state index is 0.00565. The third-order valence-electron chi connectivity index (χ3n) is 14.1. The number of imide groups is 1. The molecule has 5 saturated heterocycles. The molecular formula is C43H50F2N12O6. The minimum atomic E-state index is -2.86. The van der Waals surface area contributed by atoms with Crippen LogP contribution in [0.2, 0.25) is 0 Å². The number of carbonyl (C=O) groups is 3. The molecule has 3 atom stereocenters. The van der Waals surface area contributed by atoms with Crippen LogP contribution in [0.4, 0.5) is 26.0 Å². The monoisotopic (exact) mass is 868 g/mol. The Balaban J connectivity index is 0.641. The Morgan fingerprint density at radius 1 is 1.02 bits per heavy atom. The molecule has 0 radical (unpaired) electrons. The van der Waals surface area contributed by atoms with E-state index in [0.717, 1.165) is 88.4 Å². The third kappa shape index (κ3) is 7.24. The predicted molar refractivity (Wildman–Crippen MR) is 225 cm³/mol. The molecule has 1 aliphatic carbocycles. The summed E-state index contributed by atoms with van der Waals surface area (Å²) in [6, 6.07) is 7.11. The number of halogens is 2. The molecular weight excluding hydrogens is 819 g/mol. The number of nitrogens with one attached hydrogen (secondary N) is 2. The van der Waals surface area contributed by atoms with Gasteiger partial charge in [0.1, 0.15) is 17.4 Å². The molecule has 63 heavy (non-hydrogen) atoms. The Kier molecular flexibility index (Phi) is 10.1. The van der Waals surface area contributed by atoms with E-state index in [1.807, 2.05) is 24.3 Å². The van der Waals surface area contributed by atoms with Gasteiger partial charge in [-0.15, -0.1) is 0 Å². The van der Waals surface area contributed by atoms with Crippen molar-refractivity contribution < 1.29 is 32.6 Å². The number of imidazole rings is 1. The number of carbonyl (C=O) groups excluding carboxylic acids is 3. The van der Waals surface area contributed by atoms with Crippen molar-refractivity contribution in [3.8, 4) is 0 Å². The van der Waals surface area contributed by atoms with Gasteiger partial charge in [0.15, 0.2) is 11.3 Å². The number of aromatic nitrogens is 7. The Morgan fingerprint density at radius 2 is 1.84 bits per heavy atom. The molecule has 2 bridgehead atoms. The average Bonchev–Trinajstić information content (AvgIpc) is 4.09. The fraction of sp³-hybridized carbons (Fsp3) is 0.558. The molecule has 1 unspecified atom stereocenters. The zero-order valence-corrected chi connectivity index (χ0v) is 34.9. The molecule has 332 valence electrons. The van der Waals surface area contributed by atoms with Gasteiger partial charge in [0, 0.05) is 71.0 Å². The van der Waals surface area contributed by atoms with Gasteiger partial charge >= 0.3 is 5.69 Å². The second-order valence-electron chi connectivity index (χ2n) is 18.2. The molecule has 9 heterocycles. The highest BCUT2D eigenvalue weighted by Crippen LogP contribution is 2.38. The SMILES string of the molecule is Cn1c(=O)n(C2CCC(=O)NC2=O)c2cccc(N3CC(COC4CN(C[C@H]5CC[C@H](n6cc(NC(=O)c7cnn8ccc(N9C[C@H]%10C[C@@H]9CO%10)nc78)c(C(F)F)n6)CC5)C4)C3)c21. The maximum atomic E-state index is 14.3. The fourth-order valence-electron chi connectivity index (χ4n) is 10.7. The van der Waals surface area contributed by atoms with Gasteiger partial charge in [0.25, 0.3) is 12.3 Å². The summed E-state index contributed by atoms with van der Waals surface area (Å²) in [5, 5.41) is 13.6. The Hall–Kier alpha value is -5.73. The average molecular weight is 869 g/mol. The lowest BCUT2D eigenvalue weighted by molar-refractivity contribution is -0.135. The highest BCUT2D eigenvalue weighted by Gasteiger charge is 2.40. The van der Waals surface area contributed by atoms with Gasteiger partial charge < -0.3 is 24.6 Å². The van der Waals surface area contributed by atoms with Crippen molar-refractivity contribution in [3.63, 3.8) is 0 Å². The summed E-state index contributed by atoms with van der Waals surface area (Å²) in [5.41, 5.74) is 2.22. The van der Waals surface area contributed by atoms with Crippen LogP contribution in [0.5, 0.6) is 0 Å². The largest absolute Gasteiger partial charge is 0.375 e. The first-order chi connectivity index (χ1) is 30.5. The van der Waals surface area contributed by atoms with Crippen molar-refractivity contribution in [2.24, 2.45) is 18.9 Å². The lowest BCUT2D eigenvalue weighted by Crippen LogP contribution is -2.55. The van der Waals surface area contributed by atoms with E-state index < -0.39 is 30.0 Å². The number of nitrogens with zero attached hydrogens (tertiary/aromatic N) is 10. The number of morpholine rings is 1. The number of aryl methyl sites for hydroxylation is 1. The number of amides is 3. The summed E-state index contributed by atoms with van der Waals surface area (Å²) in [6.45, 7) is 6.37. The highest BCUT2D eigenvalue weighted by molar-refractivity contribution is 6.08. The second-order valence-corrected chi connectivity index (χ2v) is 18.2. The van der Waals surface area contributed by atoms with E-state index in [4.69, 9.17) is 14.5 Å². The van der Waals surface area contributed by atoms with Gasteiger partial charge in [0.05, 0.1) is 66.1 Å². The van der Waals surface area contributed by atoms with Crippen LogP contribution >= 0.6 is 0 Å². The maximum absolute atomic E-state index is 14.3. The van der Waals surface area contributed by atoms with Gasteiger partial charge in [-0.25, -0.2) is 23.1 Å². The number of alkyl halides is 2. The number of rotatable bonds is 12. The smallest absolute Gasteiger partial charge is 0.329 e. The van der Waals surface area contributed by atoms with Crippen molar-refractivity contribution in [2.45, 2.75) is 81.7 Å². The van der Waals surface area contributed by atoms with E-state index in [0.29, 0.717) is 42.6 Å². The van der Waals surface area contributed by atoms with E-state index in [9.17, 15) is 28.0 Å². The van der Waals surface area contributed by atoms with Crippen molar-refractivity contribution in [1.29, 1.82) is 0 Å². The van der Waals surface area contributed by atoms with Crippen LogP contribution in [0.15, 0.2) is 47.7 Å². The summed E-state index contributed by atoms with van der Waals surface area (Å²) in [6.07, 6.45) is 7.16. The summed E-state index contributed by atoms with van der Waals surface area (Å²) < 4.78 is 46.8. The van der Waals surface area contributed by atoms with E-state index in [2.05, 4.69) is 35.5 Å². The molecule has 6 aliphatic rings. The maximum Gasteiger partial charge on any atom is 0.329 e. The number of hydrogen-bond donors (Lipinski definition) is 2. The minimum Gasteiger partial charge on any atom is -0.375 e. The van der Waals surface area contributed by atoms with Crippen LogP contribution in [0, 0.1) is 11.8 Å². The van der Waals surface area contributed by atoms with E-state index >= 15 is 0 Å². The molecule has 3 amide bonds. The molecule has 11 rings (SSSR count). The van der Waals surface area contributed by atoms with E-state index in [1.165, 1.54) is 21.5 Å². The van der Waals surface area contributed by atoms with Gasteiger partial charge in [-0.1, -0.05) is 6.07 Å². The van der Waals surface area contributed by atoms with Crippen molar-refractivity contribution in [1.82, 2.24) is 43.7 Å². The lowest BCUT2D eigenvalue weighted by atomic mass is 9.85. The van der Waals surface area contributed by atoms with Gasteiger partial charge in [-0.3, -0.25) is 38.4 Å². The number of ether oxygens (including phenoxy) is 2. The summed E-state index contributed by atoms with van der Waals surface area (Å²) >= 11 is 0. The normalized spacial score (nSPS) is 25.7. The molecule has 0 spiro atoms. The van der Waals surface area contributed by atoms with Gasteiger partial charge in [-0.2, -0.15) is 10.2 Å². The van der Waals surface area contributed by atoms with E-state index in [1.54, 1.807) is 22.5 Å². The summed E-state index contributed by atoms with van der Waals surface area (Å²) in [5.74, 6) is 0.259. The number of piperidine rings is 1. The van der Waals surface area contributed by atoms with Crippen LogP contribution in [0.3, 0.4) is 0 Å². The first kappa shape index (κ1) is 40.1. The van der Waals surface area contributed by atoms with Crippen molar-refractivity contribution in [3.05, 3.63) is 64.6 Å². The topological polar surface area (TPSA) is 178 Å². The first-order valence-corrected chi connectivity index (χ1v) is 22.1. The third-order valence-corrected chi connectivity index (χ3v) is 14.1. The summed E-state index contributed by atoms with van der Waals surface area (Å²) in [7, 11) is 1.72. The number of fused-ring (bicyclic) bond motifs is 4. The molecule has 18 nitrogen and oxygen atoms in total. The Labute approximate surface area is 360 Å². The van der Waals surface area contributed by atoms with Crippen LogP contribution in [-0.4, -0.2) is 127 Å². The standard InChI is InChI=1S/C43H50F2N12O6/c1-51-38-32(3-2-4-33(38)57(43(51)61)34-9-10-36(58)49-42(34)60)53-16-25(17-53)22-62-29-18-52(19-29)15-24-5-7-26(8-6-24)56-21-31(37(50-56)39(44)45)47-41(59)30-14-46-55-12-11-35(48-40(30)55)54-20-28-13-27(54)23-63-28/h2-4,11-12,14,21,24-29,34,39H,5-10,13,15-20,22-23H2,1H3,(H,47,59)(H,49,58,60)/t24-,26-,27-,28-,34?/m1/s1. The van der Waals surface area contributed by atoms with Crippen LogP contribution in [-0.2, 0) is 26.1 Å². The molecule has 4 aromatic heterocycles. The quantitative estimate of drug-likeness (QED) is 0.175. The molecule has 1 aromatic carbocycles. The summed E-state index contributed by atoms with van der Waals surface area (Å²) in [4.78, 5) is 62.9. The van der Waals surface area contributed by atoms with Crippen LogP contribution < -0.4 is 26.1 Å². The van der Waals surface area contributed by atoms with Crippen LogP contribution in [0.25, 0.3) is 16.7 Å². The lowest BCUT2D eigenvalue weighted by Gasteiger charge is -2.45. The molecule has 1 saturated carbocycles. The zero-order valence-electron chi connectivity index (χ0n) is 34.9. The Morgan fingerprint density at radius 3 is 2.59 bits per heavy atom. The first-order valence-electron chi connectivity index (χ1n) is 22.1. The molecule has 5 aromatic rings. The van der Waals surface area contributed by atoms with Gasteiger partial charge in [-0.05, 0) is 62.6 Å².